The number of aromatic nitrogens is 2. The number of hydrogen-bond donors (Lipinski definition) is 1. The second kappa shape index (κ2) is 3.80. The van der Waals surface area contributed by atoms with Gasteiger partial charge in [-0.15, -0.1) is 0 Å². The summed E-state index contributed by atoms with van der Waals surface area (Å²) in [7, 11) is 0. The van der Waals surface area contributed by atoms with Gasteiger partial charge in [-0.3, -0.25) is 0 Å². The van der Waals surface area contributed by atoms with Crippen LogP contribution in [0.5, 0.6) is 0 Å². The third-order valence-corrected chi connectivity index (χ3v) is 1.98. The van der Waals surface area contributed by atoms with Gasteiger partial charge in [0.05, 0.1) is 6.54 Å². The Morgan fingerprint density at radius 2 is 2.33 bits per heavy atom. The molecule has 1 rings (SSSR count). The number of aryl methyl sites for hydroxylation is 1. The summed E-state index contributed by atoms with van der Waals surface area (Å²) in [4.78, 5) is 2.74. The van der Waals surface area contributed by atoms with Crippen LogP contribution in [0.3, 0.4) is 0 Å². The summed E-state index contributed by atoms with van der Waals surface area (Å²) in [5.74, 6) is 0. The Balaban J connectivity index is 2.94. The first kappa shape index (κ1) is 9.38. The Kier molecular flexibility index (Phi) is 2.97. The van der Waals surface area contributed by atoms with Crippen molar-refractivity contribution < 1.29 is 8.78 Å². The highest BCUT2D eigenvalue weighted by Crippen LogP contribution is 2.06. The Morgan fingerprint density at radius 3 is 2.83 bits per heavy atom. The van der Waals surface area contributed by atoms with E-state index in [-0.39, 0.29) is 6.54 Å². The van der Waals surface area contributed by atoms with E-state index < -0.39 is 6.43 Å². The van der Waals surface area contributed by atoms with Crippen LogP contribution in [-0.2, 0) is 13.0 Å². The van der Waals surface area contributed by atoms with Crippen molar-refractivity contribution in [3.63, 3.8) is 0 Å². The van der Waals surface area contributed by atoms with E-state index in [9.17, 15) is 8.78 Å². The van der Waals surface area contributed by atoms with Crippen LogP contribution >= 0.6 is 12.2 Å². The van der Waals surface area contributed by atoms with Gasteiger partial charge < -0.3 is 9.55 Å². The predicted molar refractivity (Wildman–Crippen MR) is 45.0 cm³/mol. The summed E-state index contributed by atoms with van der Waals surface area (Å²) in [6, 6.07) is 0. The van der Waals surface area contributed by atoms with E-state index in [1.165, 1.54) is 4.57 Å². The summed E-state index contributed by atoms with van der Waals surface area (Å²) in [5, 5.41) is 0. The summed E-state index contributed by atoms with van der Waals surface area (Å²) in [6.45, 7) is 1.59. The molecular formula is C7H10F2N2S. The van der Waals surface area contributed by atoms with Gasteiger partial charge in [-0.2, -0.15) is 0 Å². The Morgan fingerprint density at radius 1 is 1.67 bits per heavy atom. The lowest BCUT2D eigenvalue weighted by atomic mass is 10.3. The zero-order chi connectivity index (χ0) is 9.14. The maximum Gasteiger partial charge on any atom is 0.256 e. The van der Waals surface area contributed by atoms with Crippen LogP contribution in [0.25, 0.3) is 0 Å². The second-order valence-electron chi connectivity index (χ2n) is 2.44. The molecule has 2 nitrogen and oxygen atoms in total. The van der Waals surface area contributed by atoms with Gasteiger partial charge in [0.15, 0.2) is 4.77 Å². The lowest BCUT2D eigenvalue weighted by Gasteiger charge is -2.04. The van der Waals surface area contributed by atoms with Crippen LogP contribution in [0.1, 0.15) is 12.6 Å². The third-order valence-electron chi connectivity index (χ3n) is 1.64. The number of halogens is 2. The van der Waals surface area contributed by atoms with Crippen molar-refractivity contribution in [1.29, 1.82) is 0 Å². The number of hydrogen-bond acceptors (Lipinski definition) is 1. The molecule has 0 aliphatic rings. The molecule has 0 fully saturated rings. The average Bonchev–Trinajstić information content (AvgIpc) is 2.32. The highest BCUT2D eigenvalue weighted by molar-refractivity contribution is 7.71. The summed E-state index contributed by atoms with van der Waals surface area (Å²) in [6.07, 6.45) is 0.0303. The van der Waals surface area contributed by atoms with E-state index in [0.717, 1.165) is 5.69 Å². The molecule has 12 heavy (non-hydrogen) atoms. The average molecular weight is 192 g/mol. The summed E-state index contributed by atoms with van der Waals surface area (Å²) < 4.78 is 25.8. The first-order chi connectivity index (χ1) is 5.65. The predicted octanol–water partition coefficient (Wildman–Crippen LogP) is 2.37. The van der Waals surface area contributed by atoms with Crippen molar-refractivity contribution in [2.45, 2.75) is 26.3 Å². The van der Waals surface area contributed by atoms with E-state index >= 15 is 0 Å². The fourth-order valence-electron chi connectivity index (χ4n) is 1.06. The van der Waals surface area contributed by atoms with Gasteiger partial charge in [-0.1, -0.05) is 6.92 Å². The molecule has 1 N–H and O–H groups in total. The highest BCUT2D eigenvalue weighted by Gasteiger charge is 2.07. The Bertz CT molecular complexity index is 303. The van der Waals surface area contributed by atoms with Crippen LogP contribution in [-0.4, -0.2) is 16.0 Å². The minimum atomic E-state index is -2.35. The van der Waals surface area contributed by atoms with Crippen LogP contribution in [0.4, 0.5) is 8.78 Å². The van der Waals surface area contributed by atoms with Gasteiger partial charge in [-0.05, 0) is 18.6 Å². The molecule has 0 aromatic carbocycles. The minimum Gasteiger partial charge on any atom is -0.337 e. The van der Waals surface area contributed by atoms with Crippen molar-refractivity contribution >= 4 is 12.2 Å². The van der Waals surface area contributed by atoms with E-state index in [2.05, 4.69) is 4.98 Å². The number of nitrogens with zero attached hydrogens (tertiary/aromatic N) is 1. The first-order valence-corrected chi connectivity index (χ1v) is 4.11. The molecule has 68 valence electrons. The molecule has 0 saturated heterocycles. The quantitative estimate of drug-likeness (QED) is 0.729. The fourth-order valence-corrected chi connectivity index (χ4v) is 1.31. The Labute approximate surface area is 74.2 Å². The molecule has 0 amide bonds. The number of rotatable bonds is 3. The van der Waals surface area contributed by atoms with Crippen molar-refractivity contribution in [1.82, 2.24) is 9.55 Å². The van der Waals surface area contributed by atoms with Gasteiger partial charge in [0.1, 0.15) is 0 Å². The van der Waals surface area contributed by atoms with Gasteiger partial charge in [0.2, 0.25) is 0 Å². The standard InChI is InChI=1S/C7H10F2N2S/c1-2-5-3-10-7(12)11(5)4-6(8)9/h3,6H,2,4H2,1H3,(H,10,12). The molecule has 0 unspecified atom stereocenters. The third kappa shape index (κ3) is 1.91. The van der Waals surface area contributed by atoms with Gasteiger partial charge in [0.25, 0.3) is 6.43 Å². The molecule has 5 heteroatoms. The topological polar surface area (TPSA) is 20.7 Å². The molecule has 0 spiro atoms. The molecule has 0 aliphatic heterocycles. The molecule has 0 aliphatic carbocycles. The fraction of sp³-hybridized carbons (Fsp3) is 0.571. The molecule has 0 radical (unpaired) electrons. The van der Waals surface area contributed by atoms with Gasteiger partial charge in [-0.25, -0.2) is 8.78 Å². The number of alkyl halides is 2. The zero-order valence-corrected chi connectivity index (χ0v) is 7.50. The smallest absolute Gasteiger partial charge is 0.256 e. The highest BCUT2D eigenvalue weighted by atomic mass is 32.1. The molecule has 1 aromatic rings. The van der Waals surface area contributed by atoms with Crippen molar-refractivity contribution in [3.8, 4) is 0 Å². The van der Waals surface area contributed by atoms with Gasteiger partial charge >= 0.3 is 0 Å². The minimum absolute atomic E-state index is 0.314. The van der Waals surface area contributed by atoms with Crippen LogP contribution in [0.15, 0.2) is 6.20 Å². The molecule has 1 aromatic heterocycles. The maximum atomic E-state index is 12.0. The van der Waals surface area contributed by atoms with E-state index in [1.807, 2.05) is 6.92 Å². The maximum absolute atomic E-state index is 12.0. The van der Waals surface area contributed by atoms with Crippen LogP contribution in [0, 0.1) is 4.77 Å². The van der Waals surface area contributed by atoms with E-state index in [1.54, 1.807) is 6.20 Å². The van der Waals surface area contributed by atoms with Crippen molar-refractivity contribution in [2.75, 3.05) is 0 Å². The lowest BCUT2D eigenvalue weighted by molar-refractivity contribution is 0.125. The molecule has 0 atom stereocenters. The second-order valence-corrected chi connectivity index (χ2v) is 2.83. The number of imidazole rings is 1. The molecular weight excluding hydrogens is 182 g/mol. The zero-order valence-electron chi connectivity index (χ0n) is 6.68. The number of aromatic amines is 1. The molecule has 0 bridgehead atoms. The number of nitrogens with one attached hydrogen (secondary N) is 1. The van der Waals surface area contributed by atoms with Gasteiger partial charge in [0, 0.05) is 11.9 Å². The monoisotopic (exact) mass is 192 g/mol. The van der Waals surface area contributed by atoms with Crippen molar-refractivity contribution in [3.05, 3.63) is 16.7 Å². The normalized spacial score (nSPS) is 11.0. The molecule has 1 heterocycles. The number of H-pyrrole nitrogens is 1. The van der Waals surface area contributed by atoms with Crippen LogP contribution in [0.2, 0.25) is 0 Å². The first-order valence-electron chi connectivity index (χ1n) is 3.70. The van der Waals surface area contributed by atoms with Crippen molar-refractivity contribution in [2.24, 2.45) is 0 Å². The summed E-state index contributed by atoms with van der Waals surface area (Å²) >= 11 is 4.83. The largest absolute Gasteiger partial charge is 0.337 e. The lowest BCUT2D eigenvalue weighted by Crippen LogP contribution is -2.09. The van der Waals surface area contributed by atoms with E-state index in [4.69, 9.17) is 12.2 Å². The summed E-state index contributed by atoms with van der Waals surface area (Å²) in [5.41, 5.74) is 0.820. The molecule has 0 saturated carbocycles. The SMILES string of the molecule is CCc1c[nH]c(=S)n1CC(F)F. The van der Waals surface area contributed by atoms with Crippen LogP contribution < -0.4 is 0 Å². The van der Waals surface area contributed by atoms with E-state index in [0.29, 0.717) is 11.2 Å². The Hall–Kier alpha value is -0.710.